The lowest BCUT2D eigenvalue weighted by molar-refractivity contribution is -0.121. The molecule has 0 radical (unpaired) electrons. The summed E-state index contributed by atoms with van der Waals surface area (Å²) in [6.45, 7) is 2.31. The van der Waals surface area contributed by atoms with Crippen molar-refractivity contribution >= 4 is 33.8 Å². The van der Waals surface area contributed by atoms with Crippen molar-refractivity contribution in [1.29, 1.82) is 5.26 Å². The maximum absolute atomic E-state index is 12.6. The van der Waals surface area contributed by atoms with Crippen molar-refractivity contribution in [2.24, 2.45) is 5.92 Å². The Kier molecular flexibility index (Phi) is 7.56. The zero-order chi connectivity index (χ0) is 22.3. The van der Waals surface area contributed by atoms with Gasteiger partial charge in [0.1, 0.15) is 11.1 Å². The molecule has 168 valence electrons. The molecule has 4 rings (SSSR count). The number of para-hydroxylation sites is 1. The molecule has 2 heterocycles. The Labute approximate surface area is 193 Å². The van der Waals surface area contributed by atoms with E-state index >= 15 is 0 Å². The molecule has 0 saturated carbocycles. The van der Waals surface area contributed by atoms with Crippen molar-refractivity contribution in [3.63, 3.8) is 0 Å². The molecule has 0 bridgehead atoms. The number of hydrogen-bond donors (Lipinski definition) is 2. The number of carbonyl (C=O) groups excluding carboxylic acids is 2. The molecule has 1 aliphatic heterocycles. The van der Waals surface area contributed by atoms with Crippen LogP contribution in [-0.4, -0.2) is 36.3 Å². The molecule has 2 amide bonds. The van der Waals surface area contributed by atoms with E-state index in [1.54, 1.807) is 11.3 Å². The van der Waals surface area contributed by atoms with Gasteiger partial charge in [-0.05, 0) is 69.3 Å². The lowest BCUT2D eigenvalue weighted by atomic mass is 9.95. The van der Waals surface area contributed by atoms with Gasteiger partial charge in [-0.2, -0.15) is 5.26 Å². The van der Waals surface area contributed by atoms with Crippen molar-refractivity contribution in [2.45, 2.75) is 51.4 Å². The number of rotatable bonds is 6. The van der Waals surface area contributed by atoms with E-state index in [9.17, 15) is 14.9 Å². The minimum Gasteiger partial charge on any atom is -0.326 e. The predicted molar refractivity (Wildman–Crippen MR) is 128 cm³/mol. The van der Waals surface area contributed by atoms with Crippen LogP contribution in [0.2, 0.25) is 0 Å². The first-order valence-electron chi connectivity index (χ1n) is 11.6. The zero-order valence-corrected chi connectivity index (χ0v) is 19.2. The highest BCUT2D eigenvalue weighted by atomic mass is 32.1. The van der Waals surface area contributed by atoms with E-state index in [-0.39, 0.29) is 17.7 Å². The normalized spacial score (nSPS) is 17.1. The van der Waals surface area contributed by atoms with E-state index in [1.807, 2.05) is 30.3 Å². The minimum absolute atomic E-state index is 0.0139. The molecular weight excluding hydrogens is 420 g/mol. The predicted octanol–water partition coefficient (Wildman–Crippen LogP) is 4.57. The SMILES string of the molecule is N#Cc1c(NC(=O)CCN2CCC(C(=O)Nc3ccccc3)CC2)sc2c1CCCCC2. The lowest BCUT2D eigenvalue weighted by Gasteiger charge is -2.31. The molecule has 32 heavy (non-hydrogen) atoms. The number of thiophene rings is 1. The number of benzene rings is 1. The summed E-state index contributed by atoms with van der Waals surface area (Å²) in [5.74, 6) is 0.0527. The van der Waals surface area contributed by atoms with Crippen molar-refractivity contribution in [1.82, 2.24) is 4.90 Å². The number of fused-ring (bicyclic) bond motifs is 1. The summed E-state index contributed by atoms with van der Waals surface area (Å²) in [5.41, 5.74) is 2.66. The molecule has 0 atom stereocenters. The number of aryl methyl sites for hydroxylation is 1. The van der Waals surface area contributed by atoms with Crippen LogP contribution in [-0.2, 0) is 22.4 Å². The van der Waals surface area contributed by atoms with Crippen LogP contribution in [0.25, 0.3) is 0 Å². The van der Waals surface area contributed by atoms with E-state index in [2.05, 4.69) is 21.6 Å². The van der Waals surface area contributed by atoms with Crippen LogP contribution in [0.3, 0.4) is 0 Å². The molecule has 1 fully saturated rings. The van der Waals surface area contributed by atoms with Crippen LogP contribution in [0, 0.1) is 17.2 Å². The summed E-state index contributed by atoms with van der Waals surface area (Å²) in [6, 6.07) is 11.9. The van der Waals surface area contributed by atoms with Crippen molar-refractivity contribution < 1.29 is 9.59 Å². The second-order valence-electron chi connectivity index (χ2n) is 8.65. The number of amides is 2. The van der Waals surface area contributed by atoms with Crippen LogP contribution in [0.15, 0.2) is 30.3 Å². The largest absolute Gasteiger partial charge is 0.326 e. The zero-order valence-electron chi connectivity index (χ0n) is 18.4. The number of hydrogen-bond acceptors (Lipinski definition) is 5. The second-order valence-corrected chi connectivity index (χ2v) is 9.75. The third-order valence-electron chi connectivity index (χ3n) is 6.44. The van der Waals surface area contributed by atoms with E-state index < -0.39 is 0 Å². The topological polar surface area (TPSA) is 85.2 Å². The van der Waals surface area contributed by atoms with Crippen molar-refractivity contribution in [2.75, 3.05) is 30.3 Å². The molecule has 0 spiro atoms. The van der Waals surface area contributed by atoms with Gasteiger partial charge in [-0.25, -0.2) is 0 Å². The van der Waals surface area contributed by atoms with E-state index in [0.29, 0.717) is 18.5 Å². The van der Waals surface area contributed by atoms with Crippen LogP contribution in [0.4, 0.5) is 10.7 Å². The van der Waals surface area contributed by atoms with Gasteiger partial charge in [0.25, 0.3) is 0 Å². The quantitative estimate of drug-likeness (QED) is 0.632. The molecule has 2 aromatic rings. The monoisotopic (exact) mass is 450 g/mol. The van der Waals surface area contributed by atoms with Crippen LogP contribution >= 0.6 is 11.3 Å². The highest BCUT2D eigenvalue weighted by Gasteiger charge is 2.26. The number of carbonyl (C=O) groups is 2. The molecule has 0 unspecified atom stereocenters. The molecule has 1 aliphatic carbocycles. The molecule has 1 aromatic heterocycles. The molecule has 2 N–H and O–H groups in total. The minimum atomic E-state index is -0.0400. The summed E-state index contributed by atoms with van der Waals surface area (Å²) < 4.78 is 0. The first kappa shape index (κ1) is 22.5. The Bertz CT molecular complexity index is 987. The summed E-state index contributed by atoms with van der Waals surface area (Å²) >= 11 is 1.58. The number of anilines is 2. The molecule has 7 heteroatoms. The van der Waals surface area contributed by atoms with Crippen LogP contribution < -0.4 is 10.6 Å². The number of nitrogens with one attached hydrogen (secondary N) is 2. The Hall–Kier alpha value is -2.69. The summed E-state index contributed by atoms with van der Waals surface area (Å²) in [6.07, 6.45) is 7.44. The average Bonchev–Trinajstić information content (AvgIpc) is 2.97. The van der Waals surface area contributed by atoms with E-state index in [4.69, 9.17) is 0 Å². The first-order chi connectivity index (χ1) is 15.6. The Balaban J connectivity index is 1.23. The highest BCUT2D eigenvalue weighted by Crippen LogP contribution is 2.37. The van der Waals surface area contributed by atoms with Gasteiger partial charge < -0.3 is 15.5 Å². The number of nitrogens with zero attached hydrogens (tertiary/aromatic N) is 2. The van der Waals surface area contributed by atoms with Gasteiger partial charge in [0.15, 0.2) is 0 Å². The molecule has 2 aliphatic rings. The summed E-state index contributed by atoms with van der Waals surface area (Å²) in [7, 11) is 0. The standard InChI is InChI=1S/C25H30N4O2S/c26-17-21-20-9-5-2-6-10-22(20)32-25(21)28-23(30)13-16-29-14-11-18(12-15-29)24(31)27-19-7-3-1-4-8-19/h1,3-4,7-8,18H,2,5-6,9-16H2,(H,27,31)(H,28,30). The molecule has 1 saturated heterocycles. The highest BCUT2D eigenvalue weighted by molar-refractivity contribution is 7.16. The second kappa shape index (κ2) is 10.8. The van der Waals surface area contributed by atoms with Crippen molar-refractivity contribution in [3.05, 3.63) is 46.3 Å². The van der Waals surface area contributed by atoms with Gasteiger partial charge in [0.2, 0.25) is 11.8 Å². The fourth-order valence-corrected chi connectivity index (χ4v) is 5.84. The fraction of sp³-hybridized carbons (Fsp3) is 0.480. The van der Waals surface area contributed by atoms with E-state index in [0.717, 1.165) is 67.9 Å². The maximum Gasteiger partial charge on any atom is 0.227 e. The fourth-order valence-electron chi connectivity index (χ4n) is 4.58. The van der Waals surface area contributed by atoms with Crippen LogP contribution in [0.1, 0.15) is 54.5 Å². The molecule has 1 aromatic carbocycles. The van der Waals surface area contributed by atoms with Gasteiger partial charge in [-0.15, -0.1) is 11.3 Å². The smallest absolute Gasteiger partial charge is 0.227 e. The van der Waals surface area contributed by atoms with Crippen molar-refractivity contribution in [3.8, 4) is 6.07 Å². The van der Waals surface area contributed by atoms with Gasteiger partial charge in [0, 0.05) is 29.4 Å². The number of nitriles is 1. The summed E-state index contributed by atoms with van der Waals surface area (Å²) in [5, 5.41) is 16.3. The molecular formula is C25H30N4O2S. The van der Waals surface area contributed by atoms with Gasteiger partial charge in [0.05, 0.1) is 5.56 Å². The number of piperidine rings is 1. The Morgan fingerprint density at radius 2 is 1.81 bits per heavy atom. The third-order valence-corrected chi connectivity index (χ3v) is 7.65. The lowest BCUT2D eigenvalue weighted by Crippen LogP contribution is -2.39. The maximum atomic E-state index is 12.6. The van der Waals surface area contributed by atoms with Gasteiger partial charge in [-0.3, -0.25) is 9.59 Å². The van der Waals surface area contributed by atoms with E-state index in [1.165, 1.54) is 11.3 Å². The third kappa shape index (κ3) is 5.56. The number of likely N-dealkylation sites (tertiary alicyclic amines) is 1. The Morgan fingerprint density at radius 3 is 2.56 bits per heavy atom. The molecule has 6 nitrogen and oxygen atoms in total. The van der Waals surface area contributed by atoms with Gasteiger partial charge >= 0.3 is 0 Å². The summed E-state index contributed by atoms with van der Waals surface area (Å²) in [4.78, 5) is 28.6. The Morgan fingerprint density at radius 1 is 1.06 bits per heavy atom. The van der Waals surface area contributed by atoms with Crippen LogP contribution in [0.5, 0.6) is 0 Å². The first-order valence-corrected chi connectivity index (χ1v) is 12.4. The van der Waals surface area contributed by atoms with Gasteiger partial charge in [-0.1, -0.05) is 24.6 Å². The average molecular weight is 451 g/mol.